The van der Waals surface area contributed by atoms with Gasteiger partial charge in [-0.25, -0.2) is 4.98 Å². The van der Waals surface area contributed by atoms with E-state index in [0.29, 0.717) is 11.5 Å². The third kappa shape index (κ3) is 7.55. The average Bonchev–Trinajstić information content (AvgIpc) is 3.73. The fourth-order valence-electron chi connectivity index (χ4n) is 8.17. The van der Waals surface area contributed by atoms with E-state index in [0.717, 1.165) is 5.82 Å². The number of nitrogens with one attached hydrogen (secondary N) is 3. The molecule has 2 amide bonds. The van der Waals surface area contributed by atoms with Gasteiger partial charge in [-0.2, -0.15) is 0 Å². The van der Waals surface area contributed by atoms with Crippen molar-refractivity contribution in [3.05, 3.63) is 81.6 Å². The Labute approximate surface area is 342 Å². The minimum atomic E-state index is -2.33. The molecule has 6 atom stereocenters. The summed E-state index contributed by atoms with van der Waals surface area (Å²) in [6.07, 6.45) is -2.56. The minimum absolute atomic E-state index is 0.0428. The van der Waals surface area contributed by atoms with E-state index >= 15 is 0 Å². The lowest BCUT2D eigenvalue weighted by Gasteiger charge is -2.43. The Morgan fingerprint density at radius 3 is 2.45 bits per heavy atom. The lowest BCUT2D eigenvalue weighted by molar-refractivity contribution is -0.249. The van der Waals surface area contributed by atoms with Crippen LogP contribution in [0.4, 0.5) is 11.5 Å². The number of carbonyl (C=O) groups excluding carboxylic acids is 5. The number of nitrogens with zero attached hydrogens (tertiary/aromatic N) is 3. The fraction of sp³-hybridized carbons (Fsp3) is 0.415. The van der Waals surface area contributed by atoms with Gasteiger partial charge in [0, 0.05) is 81.4 Å². The number of aromatic nitrogens is 3. The Bertz CT molecular complexity index is 2400. The standard InChI is InChI=1S/C41H46N6O13/c1-18-35(51)23(42-10-9-29(50)44-20-11-24(47(4)15-20)40(56)45-28-16-46(3)19(2)43-28)12-30(59-18)60-26-14-41(57,27(49)17-48)13-22-32(26)39(55)34-33(37(22)53)36(52)21-7-6-8-25(58-5)31(21)38(34)54/h6-8,11,15-16,18,23,26,30,35,42,48,51,53,55,57H,9-10,12-14,17H2,1-5H3,(H,44,50)(H,45,56)/t18-,23-,26+,30?,35+,41-/m0/s1. The molecule has 0 saturated carbocycles. The molecular formula is C41H46N6O13. The van der Waals surface area contributed by atoms with Crippen LogP contribution < -0.4 is 20.7 Å². The number of carbonyl (C=O) groups is 5. The molecule has 19 heteroatoms. The zero-order valence-electron chi connectivity index (χ0n) is 33.4. The van der Waals surface area contributed by atoms with Crippen LogP contribution >= 0.6 is 0 Å². The van der Waals surface area contributed by atoms with Gasteiger partial charge in [0.25, 0.3) is 5.91 Å². The average molecular weight is 831 g/mol. The number of methoxy groups -OCH3 is 1. The molecule has 0 bridgehead atoms. The number of aliphatic hydroxyl groups excluding tert-OH is 2. The van der Waals surface area contributed by atoms with Crippen molar-refractivity contribution in [1.82, 2.24) is 19.4 Å². The smallest absolute Gasteiger partial charge is 0.273 e. The molecule has 60 heavy (non-hydrogen) atoms. The summed E-state index contributed by atoms with van der Waals surface area (Å²) in [6, 6.07) is 5.13. The van der Waals surface area contributed by atoms with Gasteiger partial charge in [-0.3, -0.25) is 24.0 Å². The molecule has 1 aliphatic heterocycles. The number of rotatable bonds is 12. The Morgan fingerprint density at radius 1 is 1.03 bits per heavy atom. The molecular weight excluding hydrogens is 784 g/mol. The van der Waals surface area contributed by atoms with E-state index < -0.39 is 102 Å². The number of amides is 2. The number of phenolic OH excluding ortho intramolecular Hbond substituents is 2. The first-order valence-electron chi connectivity index (χ1n) is 19.2. The number of benzene rings is 2. The topological polar surface area (TPSA) is 273 Å². The maximum absolute atomic E-state index is 14.0. The Hall–Kier alpha value is -5.96. The number of hydrogen-bond acceptors (Lipinski definition) is 15. The van der Waals surface area contributed by atoms with Gasteiger partial charge in [-0.15, -0.1) is 0 Å². The van der Waals surface area contributed by atoms with Crippen LogP contribution in [0, 0.1) is 6.92 Å². The number of phenols is 2. The zero-order valence-corrected chi connectivity index (χ0v) is 33.4. The Morgan fingerprint density at radius 2 is 1.77 bits per heavy atom. The molecule has 8 N–H and O–H groups in total. The normalized spacial score (nSPS) is 23.4. The predicted octanol–water partition coefficient (Wildman–Crippen LogP) is 1.29. The number of fused-ring (bicyclic) bond motifs is 3. The third-order valence-corrected chi connectivity index (χ3v) is 11.4. The van der Waals surface area contributed by atoms with Gasteiger partial charge < -0.3 is 64.8 Å². The van der Waals surface area contributed by atoms with Crippen molar-refractivity contribution in [3.63, 3.8) is 0 Å². The number of ether oxygens (including phenoxy) is 3. The van der Waals surface area contributed by atoms with Crippen molar-refractivity contribution in [3.8, 4) is 17.2 Å². The number of anilines is 2. The first kappa shape index (κ1) is 42.2. The van der Waals surface area contributed by atoms with E-state index in [9.17, 15) is 49.5 Å². The van der Waals surface area contributed by atoms with E-state index in [4.69, 9.17) is 14.2 Å². The van der Waals surface area contributed by atoms with E-state index in [1.165, 1.54) is 31.4 Å². The van der Waals surface area contributed by atoms with E-state index in [-0.39, 0.29) is 59.0 Å². The Balaban J connectivity index is 1.07. The number of Topliss-reactive ketones (excluding diaryl/α,β-unsaturated/α-hetero) is 1. The van der Waals surface area contributed by atoms with Crippen molar-refractivity contribution in [1.29, 1.82) is 0 Å². The summed E-state index contributed by atoms with van der Waals surface area (Å²) in [6.45, 7) is 2.40. The highest BCUT2D eigenvalue weighted by Gasteiger charge is 2.50. The van der Waals surface area contributed by atoms with Crippen molar-refractivity contribution >= 4 is 40.7 Å². The molecule has 318 valence electrons. The van der Waals surface area contributed by atoms with E-state index in [1.54, 1.807) is 49.5 Å². The molecule has 4 aromatic rings. The monoisotopic (exact) mass is 830 g/mol. The second-order valence-electron chi connectivity index (χ2n) is 15.3. The van der Waals surface area contributed by atoms with Crippen molar-refractivity contribution < 1.29 is 63.7 Å². The number of aliphatic hydroxyl groups is 3. The SMILES string of the molecule is COc1cccc2c1C(=O)c1c(O)c3c(c(O)c1C2=O)C[C@@](O)(C(=O)CO)C[C@H]3OC1C[C@H](NCCC(=O)Nc2cc(C(=O)Nc3cn(C)c(C)n3)n(C)c2)[C@H](O)[C@H](C)O1. The van der Waals surface area contributed by atoms with Gasteiger partial charge in [0.05, 0.1) is 47.8 Å². The Kier molecular flexibility index (Phi) is 11.4. The second kappa shape index (κ2) is 16.2. The number of hydrogen-bond donors (Lipinski definition) is 8. The molecule has 2 aliphatic carbocycles. The summed E-state index contributed by atoms with van der Waals surface area (Å²) in [4.78, 5) is 70.8. The summed E-state index contributed by atoms with van der Waals surface area (Å²) in [5.74, 6) is -3.73. The van der Waals surface area contributed by atoms with Crippen LogP contribution in [-0.4, -0.2) is 119 Å². The highest BCUT2D eigenvalue weighted by atomic mass is 16.7. The quantitative estimate of drug-likeness (QED) is 0.0824. The predicted molar refractivity (Wildman–Crippen MR) is 210 cm³/mol. The first-order valence-corrected chi connectivity index (χ1v) is 19.2. The van der Waals surface area contributed by atoms with Crippen LogP contribution in [0.5, 0.6) is 17.2 Å². The molecule has 2 aromatic carbocycles. The lowest BCUT2D eigenvalue weighted by Crippen LogP contribution is -2.55. The summed E-state index contributed by atoms with van der Waals surface area (Å²) < 4.78 is 20.9. The highest BCUT2D eigenvalue weighted by Crippen LogP contribution is 2.52. The molecule has 3 aliphatic rings. The molecule has 1 fully saturated rings. The maximum Gasteiger partial charge on any atom is 0.273 e. The van der Waals surface area contributed by atoms with Gasteiger partial charge in [-0.05, 0) is 26.0 Å². The fourth-order valence-corrected chi connectivity index (χ4v) is 8.17. The summed E-state index contributed by atoms with van der Waals surface area (Å²) in [5, 5.41) is 64.5. The van der Waals surface area contributed by atoms with E-state index in [1.807, 2.05) is 0 Å². The summed E-state index contributed by atoms with van der Waals surface area (Å²) in [7, 11) is 4.77. The molecule has 2 aromatic heterocycles. The maximum atomic E-state index is 14.0. The van der Waals surface area contributed by atoms with Crippen LogP contribution in [0.15, 0.2) is 36.7 Å². The summed E-state index contributed by atoms with van der Waals surface area (Å²) in [5.41, 5.74) is -3.32. The molecule has 0 radical (unpaired) electrons. The van der Waals surface area contributed by atoms with Crippen LogP contribution in [0.25, 0.3) is 0 Å². The largest absolute Gasteiger partial charge is 0.507 e. The van der Waals surface area contributed by atoms with Gasteiger partial charge in [0.2, 0.25) is 11.7 Å². The van der Waals surface area contributed by atoms with E-state index in [2.05, 4.69) is 20.9 Å². The minimum Gasteiger partial charge on any atom is -0.507 e. The second-order valence-corrected chi connectivity index (χ2v) is 15.3. The first-order chi connectivity index (χ1) is 28.5. The van der Waals surface area contributed by atoms with Gasteiger partial charge >= 0.3 is 0 Å². The molecule has 0 spiro atoms. The lowest BCUT2D eigenvalue weighted by atomic mass is 9.72. The number of imidazole rings is 1. The molecule has 7 rings (SSSR count). The third-order valence-electron chi connectivity index (χ3n) is 11.4. The van der Waals surface area contributed by atoms with Crippen molar-refractivity contribution in [2.75, 3.05) is 30.9 Å². The van der Waals surface area contributed by atoms with Crippen LogP contribution in [0.1, 0.15) is 91.6 Å². The zero-order chi connectivity index (χ0) is 43.4. The molecule has 1 unspecified atom stereocenters. The molecule has 3 heterocycles. The van der Waals surface area contributed by atoms with Crippen molar-refractivity contribution in [2.45, 2.75) is 75.8 Å². The van der Waals surface area contributed by atoms with Crippen molar-refractivity contribution in [2.24, 2.45) is 14.1 Å². The van der Waals surface area contributed by atoms with Gasteiger partial charge in [-0.1, -0.05) is 12.1 Å². The molecule has 1 saturated heterocycles. The van der Waals surface area contributed by atoms with Gasteiger partial charge in [0.1, 0.15) is 41.0 Å². The molecule has 19 nitrogen and oxygen atoms in total. The number of ketones is 3. The van der Waals surface area contributed by atoms with Crippen LogP contribution in [0.3, 0.4) is 0 Å². The van der Waals surface area contributed by atoms with Crippen LogP contribution in [0.2, 0.25) is 0 Å². The number of aryl methyl sites for hydroxylation is 3. The number of aromatic hydroxyl groups is 2. The van der Waals surface area contributed by atoms with Crippen LogP contribution in [-0.2, 0) is 39.6 Å². The highest BCUT2D eigenvalue weighted by molar-refractivity contribution is 6.31. The van der Waals surface area contributed by atoms with Gasteiger partial charge in [0.15, 0.2) is 23.7 Å². The summed E-state index contributed by atoms with van der Waals surface area (Å²) >= 11 is 0.